The van der Waals surface area contributed by atoms with Crippen LogP contribution in [0.2, 0.25) is 0 Å². The molecule has 0 spiro atoms. The van der Waals surface area contributed by atoms with E-state index >= 15 is 0 Å². The molecular weight excluding hydrogens is 228 g/mol. The molecule has 0 aliphatic rings. The summed E-state index contributed by atoms with van der Waals surface area (Å²) in [5.74, 6) is 7.19. The lowest BCUT2D eigenvalue weighted by molar-refractivity contribution is 0.224. The molecule has 1 rings (SSSR count). The van der Waals surface area contributed by atoms with E-state index in [4.69, 9.17) is 10.6 Å². The predicted molar refractivity (Wildman–Crippen MR) is 73.4 cm³/mol. The average molecular weight is 252 g/mol. The van der Waals surface area contributed by atoms with Crippen LogP contribution in [0.3, 0.4) is 0 Å². The van der Waals surface area contributed by atoms with Gasteiger partial charge >= 0.3 is 0 Å². The van der Waals surface area contributed by atoms with Gasteiger partial charge in [0.1, 0.15) is 12.1 Å². The van der Waals surface area contributed by atoms with Crippen LogP contribution in [0, 0.1) is 12.8 Å². The third-order valence-corrected chi connectivity index (χ3v) is 3.17. The number of hydrogen-bond acceptors (Lipinski definition) is 5. The number of nitrogens with zero attached hydrogens (tertiary/aromatic N) is 2. The smallest absolute Gasteiger partial charge is 0.221 e. The number of hydrogen-bond donors (Lipinski definition) is 2. The quantitative estimate of drug-likeness (QED) is 0.549. The molecule has 0 aromatic carbocycles. The summed E-state index contributed by atoms with van der Waals surface area (Å²) in [5, 5.41) is 0. The van der Waals surface area contributed by atoms with Crippen LogP contribution in [-0.2, 0) is 0 Å². The standard InChI is InChI=1S/C13H24N4O/c1-4-6-7-11(5-2)8-18-13-10(3)12(17-14)15-9-16-13/h9,11H,4-8,14H2,1-3H3,(H,15,16,17). The Balaban J connectivity index is 2.56. The van der Waals surface area contributed by atoms with Crippen molar-refractivity contribution in [1.82, 2.24) is 9.97 Å². The SMILES string of the molecule is CCCCC(CC)COc1ncnc(NN)c1C. The molecule has 1 atom stereocenters. The number of nitrogens with one attached hydrogen (secondary N) is 1. The summed E-state index contributed by atoms with van der Waals surface area (Å²) in [6, 6.07) is 0. The first kappa shape index (κ1) is 14.7. The lowest BCUT2D eigenvalue weighted by atomic mass is 10.0. The van der Waals surface area contributed by atoms with E-state index in [1.54, 1.807) is 0 Å². The molecule has 0 amide bonds. The Kier molecular flexibility index (Phi) is 6.43. The normalized spacial score (nSPS) is 12.2. The molecule has 1 aromatic heterocycles. The number of anilines is 1. The highest BCUT2D eigenvalue weighted by molar-refractivity contribution is 5.46. The van der Waals surface area contributed by atoms with E-state index in [2.05, 4.69) is 29.2 Å². The minimum absolute atomic E-state index is 0.591. The van der Waals surface area contributed by atoms with Gasteiger partial charge in [0.15, 0.2) is 0 Å². The Morgan fingerprint density at radius 1 is 1.39 bits per heavy atom. The Morgan fingerprint density at radius 3 is 2.78 bits per heavy atom. The molecule has 0 aliphatic heterocycles. The van der Waals surface area contributed by atoms with Gasteiger partial charge in [0.2, 0.25) is 5.88 Å². The van der Waals surface area contributed by atoms with E-state index in [0.29, 0.717) is 24.2 Å². The molecule has 5 nitrogen and oxygen atoms in total. The lowest BCUT2D eigenvalue weighted by Crippen LogP contribution is -2.15. The van der Waals surface area contributed by atoms with E-state index in [0.717, 1.165) is 12.0 Å². The molecule has 0 bridgehead atoms. The number of hydrazine groups is 1. The largest absolute Gasteiger partial charge is 0.477 e. The van der Waals surface area contributed by atoms with E-state index < -0.39 is 0 Å². The predicted octanol–water partition coefficient (Wildman–Crippen LogP) is 2.67. The van der Waals surface area contributed by atoms with E-state index in [1.165, 1.54) is 25.6 Å². The summed E-state index contributed by atoms with van der Waals surface area (Å²) >= 11 is 0. The first-order valence-corrected chi connectivity index (χ1v) is 6.63. The molecule has 0 saturated carbocycles. The Labute approximate surface area is 109 Å². The van der Waals surface area contributed by atoms with Crippen LogP contribution < -0.4 is 16.0 Å². The topological polar surface area (TPSA) is 73.1 Å². The van der Waals surface area contributed by atoms with Gasteiger partial charge in [-0.2, -0.15) is 0 Å². The second-order valence-electron chi connectivity index (χ2n) is 4.52. The molecule has 5 heteroatoms. The fourth-order valence-electron chi connectivity index (χ4n) is 1.82. The Hall–Kier alpha value is -1.36. The number of rotatable bonds is 8. The maximum absolute atomic E-state index is 5.78. The molecule has 0 fully saturated rings. The summed E-state index contributed by atoms with van der Waals surface area (Å²) < 4.78 is 5.78. The van der Waals surface area contributed by atoms with Gasteiger partial charge in [-0.25, -0.2) is 15.8 Å². The average Bonchev–Trinajstić information content (AvgIpc) is 2.40. The first-order chi connectivity index (χ1) is 8.72. The summed E-state index contributed by atoms with van der Waals surface area (Å²) in [6.45, 7) is 7.01. The van der Waals surface area contributed by atoms with Gasteiger partial charge in [-0.15, -0.1) is 0 Å². The maximum Gasteiger partial charge on any atom is 0.221 e. The molecule has 1 unspecified atom stereocenters. The van der Waals surface area contributed by atoms with Crippen molar-refractivity contribution in [1.29, 1.82) is 0 Å². The number of unbranched alkanes of at least 4 members (excludes halogenated alkanes) is 1. The first-order valence-electron chi connectivity index (χ1n) is 6.63. The monoisotopic (exact) mass is 252 g/mol. The number of nitrogen functional groups attached to an aromatic ring is 1. The second kappa shape index (κ2) is 7.87. The number of ether oxygens (including phenoxy) is 1. The minimum Gasteiger partial charge on any atom is -0.477 e. The summed E-state index contributed by atoms with van der Waals surface area (Å²) in [5.41, 5.74) is 3.39. The zero-order valence-corrected chi connectivity index (χ0v) is 11.6. The van der Waals surface area contributed by atoms with Gasteiger partial charge in [-0.05, 0) is 19.3 Å². The molecule has 0 radical (unpaired) electrons. The molecule has 18 heavy (non-hydrogen) atoms. The number of nitrogens with two attached hydrogens (primary N) is 1. The van der Waals surface area contributed by atoms with Gasteiger partial charge in [-0.3, -0.25) is 0 Å². The molecule has 0 saturated heterocycles. The number of aromatic nitrogens is 2. The van der Waals surface area contributed by atoms with Crippen LogP contribution in [0.1, 0.15) is 45.1 Å². The van der Waals surface area contributed by atoms with Crippen molar-refractivity contribution >= 4 is 5.82 Å². The van der Waals surface area contributed by atoms with E-state index in [-0.39, 0.29) is 0 Å². The highest BCUT2D eigenvalue weighted by Crippen LogP contribution is 2.21. The van der Waals surface area contributed by atoms with Crippen LogP contribution in [0.5, 0.6) is 5.88 Å². The highest BCUT2D eigenvalue weighted by Gasteiger charge is 2.11. The van der Waals surface area contributed by atoms with Gasteiger partial charge in [-0.1, -0.05) is 33.1 Å². The second-order valence-corrected chi connectivity index (χ2v) is 4.52. The zero-order chi connectivity index (χ0) is 13.4. The summed E-state index contributed by atoms with van der Waals surface area (Å²) in [7, 11) is 0. The molecule has 3 N–H and O–H groups in total. The van der Waals surface area contributed by atoms with Crippen LogP contribution in [0.4, 0.5) is 5.82 Å². The molecule has 0 aliphatic carbocycles. The van der Waals surface area contributed by atoms with Crippen molar-refractivity contribution in [2.24, 2.45) is 11.8 Å². The van der Waals surface area contributed by atoms with Crippen LogP contribution in [0.15, 0.2) is 6.33 Å². The molecule has 1 heterocycles. The van der Waals surface area contributed by atoms with Crippen LogP contribution in [0.25, 0.3) is 0 Å². The molecular formula is C13H24N4O. The van der Waals surface area contributed by atoms with Crippen molar-refractivity contribution in [2.45, 2.75) is 46.5 Å². The van der Waals surface area contributed by atoms with Crippen molar-refractivity contribution in [3.8, 4) is 5.88 Å². The minimum atomic E-state index is 0.591. The fraction of sp³-hybridized carbons (Fsp3) is 0.692. The van der Waals surface area contributed by atoms with Gasteiger partial charge < -0.3 is 10.2 Å². The Morgan fingerprint density at radius 2 is 2.17 bits per heavy atom. The van der Waals surface area contributed by atoms with Crippen LogP contribution in [-0.4, -0.2) is 16.6 Å². The zero-order valence-electron chi connectivity index (χ0n) is 11.6. The van der Waals surface area contributed by atoms with Crippen LogP contribution >= 0.6 is 0 Å². The third-order valence-electron chi connectivity index (χ3n) is 3.17. The third kappa shape index (κ3) is 4.14. The highest BCUT2D eigenvalue weighted by atomic mass is 16.5. The maximum atomic E-state index is 5.78. The van der Waals surface area contributed by atoms with Gasteiger partial charge in [0, 0.05) is 0 Å². The van der Waals surface area contributed by atoms with Crippen molar-refractivity contribution < 1.29 is 4.74 Å². The summed E-state index contributed by atoms with van der Waals surface area (Å²) in [6.07, 6.45) is 6.28. The van der Waals surface area contributed by atoms with Crippen molar-refractivity contribution in [3.05, 3.63) is 11.9 Å². The van der Waals surface area contributed by atoms with Crippen molar-refractivity contribution in [3.63, 3.8) is 0 Å². The van der Waals surface area contributed by atoms with Gasteiger partial charge in [0.05, 0.1) is 12.2 Å². The fourth-order valence-corrected chi connectivity index (χ4v) is 1.82. The molecule has 102 valence electrons. The van der Waals surface area contributed by atoms with Gasteiger partial charge in [0.25, 0.3) is 0 Å². The Bertz CT molecular complexity index is 357. The summed E-state index contributed by atoms with van der Waals surface area (Å²) in [4.78, 5) is 8.17. The molecule has 1 aromatic rings. The van der Waals surface area contributed by atoms with Crippen molar-refractivity contribution in [2.75, 3.05) is 12.0 Å². The van der Waals surface area contributed by atoms with E-state index in [9.17, 15) is 0 Å². The van der Waals surface area contributed by atoms with E-state index in [1.807, 2.05) is 6.92 Å². The lowest BCUT2D eigenvalue weighted by Gasteiger charge is -2.16.